The number of amides is 1. The number of carbonyl (C=O) groups is 1. The van der Waals surface area contributed by atoms with E-state index in [0.717, 1.165) is 23.6 Å². The molecule has 4 nitrogen and oxygen atoms in total. The average molecular weight is 295 g/mol. The van der Waals surface area contributed by atoms with Gasteiger partial charge in [-0.05, 0) is 35.3 Å². The number of rotatable bonds is 5. The van der Waals surface area contributed by atoms with E-state index in [-0.39, 0.29) is 11.9 Å². The summed E-state index contributed by atoms with van der Waals surface area (Å²) < 4.78 is 3.86. The zero-order chi connectivity index (χ0) is 13.8. The number of hydrogen-bond acceptors (Lipinski definition) is 5. The smallest absolute Gasteiger partial charge is 0.265 e. The lowest BCUT2D eigenvalue weighted by molar-refractivity contribution is 0.0929. The van der Waals surface area contributed by atoms with E-state index >= 15 is 0 Å². The summed E-state index contributed by atoms with van der Waals surface area (Å²) >= 11 is 2.83. The van der Waals surface area contributed by atoms with E-state index in [1.165, 1.54) is 4.88 Å². The standard InChI is InChI=1S/C13H17N3OS2/c1-4-9-12(19-16-15-9)13(17)14-11(8(2)3)10-6-5-7-18-10/h5-8,11H,4H2,1-3H3,(H,14,17)/t11-/m0/s1. The van der Waals surface area contributed by atoms with Gasteiger partial charge in [-0.3, -0.25) is 4.79 Å². The lowest BCUT2D eigenvalue weighted by Crippen LogP contribution is -2.31. The first-order chi connectivity index (χ1) is 9.13. The molecule has 0 aliphatic carbocycles. The molecule has 0 fully saturated rings. The van der Waals surface area contributed by atoms with Crippen LogP contribution in [0.25, 0.3) is 0 Å². The third-order valence-electron chi connectivity index (χ3n) is 2.90. The quantitative estimate of drug-likeness (QED) is 0.921. The third kappa shape index (κ3) is 3.19. The molecule has 2 aromatic rings. The van der Waals surface area contributed by atoms with Gasteiger partial charge in [-0.1, -0.05) is 31.3 Å². The molecular formula is C13H17N3OS2. The molecule has 0 aromatic carbocycles. The zero-order valence-electron chi connectivity index (χ0n) is 11.2. The van der Waals surface area contributed by atoms with Crippen molar-refractivity contribution in [3.8, 4) is 0 Å². The van der Waals surface area contributed by atoms with Crippen LogP contribution in [-0.2, 0) is 6.42 Å². The van der Waals surface area contributed by atoms with Gasteiger partial charge in [0.25, 0.3) is 5.91 Å². The second-order valence-electron chi connectivity index (χ2n) is 4.61. The minimum Gasteiger partial charge on any atom is -0.343 e. The predicted molar refractivity (Wildman–Crippen MR) is 78.7 cm³/mol. The molecule has 102 valence electrons. The summed E-state index contributed by atoms with van der Waals surface area (Å²) in [4.78, 5) is 14.1. The van der Waals surface area contributed by atoms with Crippen LogP contribution in [0.3, 0.4) is 0 Å². The lowest BCUT2D eigenvalue weighted by Gasteiger charge is -2.20. The molecule has 2 heterocycles. The Morgan fingerprint density at radius 1 is 1.47 bits per heavy atom. The lowest BCUT2D eigenvalue weighted by atomic mass is 10.0. The highest BCUT2D eigenvalue weighted by atomic mass is 32.1. The van der Waals surface area contributed by atoms with Crippen LogP contribution in [0, 0.1) is 5.92 Å². The number of hydrogen-bond donors (Lipinski definition) is 1. The molecule has 19 heavy (non-hydrogen) atoms. The van der Waals surface area contributed by atoms with Crippen molar-refractivity contribution in [1.29, 1.82) is 0 Å². The molecule has 1 atom stereocenters. The summed E-state index contributed by atoms with van der Waals surface area (Å²) in [7, 11) is 0. The Labute approximate surface area is 121 Å². The topological polar surface area (TPSA) is 54.9 Å². The predicted octanol–water partition coefficient (Wildman–Crippen LogP) is 3.29. The molecule has 1 amide bonds. The molecule has 0 radical (unpaired) electrons. The maximum atomic E-state index is 12.3. The summed E-state index contributed by atoms with van der Waals surface area (Å²) in [6.07, 6.45) is 0.727. The van der Waals surface area contributed by atoms with Gasteiger partial charge in [0, 0.05) is 4.88 Å². The number of carbonyl (C=O) groups excluding carboxylic acids is 1. The van der Waals surface area contributed by atoms with Crippen LogP contribution in [-0.4, -0.2) is 15.5 Å². The number of thiophene rings is 1. The SMILES string of the molecule is CCc1nnsc1C(=O)N[C@H](c1cccs1)C(C)C. The highest BCUT2D eigenvalue weighted by Gasteiger charge is 2.22. The second-order valence-corrected chi connectivity index (χ2v) is 6.35. The first kappa shape index (κ1) is 14.1. The molecule has 0 saturated heterocycles. The van der Waals surface area contributed by atoms with Crippen molar-refractivity contribution in [3.05, 3.63) is 33.0 Å². The highest BCUT2D eigenvalue weighted by molar-refractivity contribution is 7.10. The molecule has 0 bridgehead atoms. The second kappa shape index (κ2) is 6.25. The minimum atomic E-state index is -0.0704. The van der Waals surface area contributed by atoms with Crippen molar-refractivity contribution >= 4 is 28.8 Å². The molecule has 0 unspecified atom stereocenters. The van der Waals surface area contributed by atoms with Crippen LogP contribution in [0.15, 0.2) is 17.5 Å². The first-order valence-corrected chi connectivity index (χ1v) is 7.94. The van der Waals surface area contributed by atoms with Crippen molar-refractivity contribution in [2.24, 2.45) is 5.92 Å². The molecule has 0 spiro atoms. The molecule has 0 aliphatic heterocycles. The first-order valence-electron chi connectivity index (χ1n) is 6.29. The maximum absolute atomic E-state index is 12.3. The number of nitrogens with zero attached hydrogens (tertiary/aromatic N) is 2. The Hall–Kier alpha value is -1.27. The van der Waals surface area contributed by atoms with E-state index in [9.17, 15) is 4.79 Å². The van der Waals surface area contributed by atoms with Crippen molar-refractivity contribution in [2.45, 2.75) is 33.2 Å². The van der Waals surface area contributed by atoms with Gasteiger partial charge >= 0.3 is 0 Å². The molecule has 2 rings (SSSR count). The van der Waals surface area contributed by atoms with Crippen LogP contribution in [0.4, 0.5) is 0 Å². The van der Waals surface area contributed by atoms with E-state index in [0.29, 0.717) is 10.8 Å². The van der Waals surface area contributed by atoms with Gasteiger partial charge < -0.3 is 5.32 Å². The van der Waals surface area contributed by atoms with Crippen LogP contribution in [0.2, 0.25) is 0 Å². The molecule has 2 aromatic heterocycles. The molecular weight excluding hydrogens is 278 g/mol. The van der Waals surface area contributed by atoms with Crippen LogP contribution >= 0.6 is 22.9 Å². The molecule has 0 aliphatic rings. The normalized spacial score (nSPS) is 12.6. The molecule has 1 N–H and O–H groups in total. The van der Waals surface area contributed by atoms with E-state index in [1.807, 2.05) is 18.4 Å². The number of nitrogens with one attached hydrogen (secondary N) is 1. The molecule has 0 saturated carbocycles. The fourth-order valence-electron chi connectivity index (χ4n) is 1.85. The van der Waals surface area contributed by atoms with Crippen molar-refractivity contribution in [2.75, 3.05) is 0 Å². The van der Waals surface area contributed by atoms with Gasteiger partial charge in [0.05, 0.1) is 11.7 Å². The van der Waals surface area contributed by atoms with E-state index in [4.69, 9.17) is 0 Å². The van der Waals surface area contributed by atoms with Gasteiger partial charge in [-0.15, -0.1) is 16.4 Å². The van der Waals surface area contributed by atoms with Crippen LogP contribution in [0.5, 0.6) is 0 Å². The van der Waals surface area contributed by atoms with Gasteiger partial charge in [-0.25, -0.2) is 0 Å². The van der Waals surface area contributed by atoms with Crippen molar-refractivity contribution < 1.29 is 4.79 Å². The monoisotopic (exact) mass is 295 g/mol. The Balaban J connectivity index is 2.16. The summed E-state index contributed by atoms with van der Waals surface area (Å²) in [6.45, 7) is 6.19. The summed E-state index contributed by atoms with van der Waals surface area (Å²) in [5.41, 5.74) is 0.774. The highest BCUT2D eigenvalue weighted by Crippen LogP contribution is 2.26. The van der Waals surface area contributed by atoms with Crippen molar-refractivity contribution in [1.82, 2.24) is 14.9 Å². The van der Waals surface area contributed by atoms with Gasteiger partial charge in [0.1, 0.15) is 4.88 Å². The Bertz CT molecular complexity index is 534. The zero-order valence-corrected chi connectivity index (χ0v) is 12.8. The van der Waals surface area contributed by atoms with Crippen LogP contribution < -0.4 is 5.32 Å². The fourth-order valence-corrected chi connectivity index (χ4v) is 3.46. The van der Waals surface area contributed by atoms with Gasteiger partial charge in [-0.2, -0.15) is 0 Å². The third-order valence-corrected chi connectivity index (χ3v) is 4.62. The summed E-state index contributed by atoms with van der Waals surface area (Å²) in [5, 5.41) is 9.11. The molecule has 6 heteroatoms. The average Bonchev–Trinajstić information content (AvgIpc) is 3.05. The summed E-state index contributed by atoms with van der Waals surface area (Å²) in [6, 6.07) is 4.11. The van der Waals surface area contributed by atoms with Crippen LogP contribution in [0.1, 0.15) is 47.1 Å². The summed E-state index contributed by atoms with van der Waals surface area (Å²) in [5.74, 6) is 0.271. The Morgan fingerprint density at radius 3 is 2.84 bits per heavy atom. The fraction of sp³-hybridized carbons (Fsp3) is 0.462. The maximum Gasteiger partial charge on any atom is 0.265 e. The Kier molecular flexibility index (Phi) is 4.66. The van der Waals surface area contributed by atoms with Crippen molar-refractivity contribution in [3.63, 3.8) is 0 Å². The Morgan fingerprint density at radius 2 is 2.26 bits per heavy atom. The number of aryl methyl sites for hydroxylation is 1. The number of aromatic nitrogens is 2. The largest absolute Gasteiger partial charge is 0.343 e. The van der Waals surface area contributed by atoms with E-state index < -0.39 is 0 Å². The van der Waals surface area contributed by atoms with Gasteiger partial charge in [0.2, 0.25) is 0 Å². The minimum absolute atomic E-state index is 0.0410. The van der Waals surface area contributed by atoms with Gasteiger partial charge in [0.15, 0.2) is 0 Å². The van der Waals surface area contributed by atoms with E-state index in [1.54, 1.807) is 11.3 Å². The van der Waals surface area contributed by atoms with E-state index in [2.05, 4.69) is 34.8 Å².